The minimum atomic E-state index is 0.176. The second-order valence-electron chi connectivity index (χ2n) is 3.63. The summed E-state index contributed by atoms with van der Waals surface area (Å²) in [4.78, 5) is 10.1. The third-order valence-electron chi connectivity index (χ3n) is 2.52. The molecule has 2 rings (SSSR count). The van der Waals surface area contributed by atoms with Gasteiger partial charge in [0.1, 0.15) is 5.82 Å². The minimum Gasteiger partial charge on any atom is -0.368 e. The lowest BCUT2D eigenvalue weighted by molar-refractivity contribution is 0.386. The van der Waals surface area contributed by atoms with E-state index >= 15 is 0 Å². The highest BCUT2D eigenvalue weighted by Gasteiger charge is 2.13. The Morgan fingerprint density at radius 3 is 2.67 bits per heavy atom. The summed E-state index contributed by atoms with van der Waals surface area (Å²) in [6.45, 7) is 1.97. The van der Waals surface area contributed by atoms with Crippen molar-refractivity contribution in [3.05, 3.63) is 6.07 Å². The van der Waals surface area contributed by atoms with Crippen molar-refractivity contribution in [1.82, 2.24) is 9.97 Å². The fraction of sp³-hybridized carbons (Fsp3) is 0.556. The van der Waals surface area contributed by atoms with Crippen molar-refractivity contribution in [3.8, 4) is 0 Å². The van der Waals surface area contributed by atoms with Crippen LogP contribution in [0.3, 0.4) is 0 Å². The molecule has 0 aliphatic carbocycles. The maximum atomic E-state index is 8.77. The average Bonchev–Trinajstić information content (AvgIpc) is 2.29. The van der Waals surface area contributed by atoms with Crippen LogP contribution in [0.25, 0.3) is 0 Å². The van der Waals surface area contributed by atoms with Crippen LogP contribution in [0.2, 0.25) is 0 Å². The highest BCUT2D eigenvalue weighted by Crippen LogP contribution is 2.20. The first-order valence-electron chi connectivity index (χ1n) is 5.09. The first kappa shape index (κ1) is 9.97. The van der Waals surface area contributed by atoms with Gasteiger partial charge in [-0.2, -0.15) is 9.97 Å². The van der Waals surface area contributed by atoms with Crippen LogP contribution in [0.5, 0.6) is 0 Å². The Hall–Kier alpha value is -1.56. The van der Waals surface area contributed by atoms with Gasteiger partial charge in [0.25, 0.3) is 0 Å². The molecule has 0 aromatic carbocycles. The quantitative estimate of drug-likeness (QED) is 0.626. The normalized spacial score (nSPS) is 16.5. The molecule has 1 aromatic rings. The summed E-state index contributed by atoms with van der Waals surface area (Å²) < 4.78 is 0. The summed E-state index contributed by atoms with van der Waals surface area (Å²) in [7, 11) is 0. The molecule has 1 aromatic heterocycles. The van der Waals surface area contributed by atoms with Crippen LogP contribution in [0, 0.1) is 0 Å². The van der Waals surface area contributed by atoms with E-state index in [-0.39, 0.29) is 5.95 Å². The monoisotopic (exact) mass is 209 g/mol. The molecule has 0 bridgehead atoms. The molecular weight excluding hydrogens is 194 g/mol. The molecule has 1 aliphatic heterocycles. The zero-order chi connectivity index (χ0) is 10.7. The predicted octanol–water partition coefficient (Wildman–Crippen LogP) is 0.850. The van der Waals surface area contributed by atoms with Crippen LogP contribution in [0.4, 0.5) is 17.6 Å². The van der Waals surface area contributed by atoms with Gasteiger partial charge in [-0.3, -0.25) is 10.7 Å². The van der Waals surface area contributed by atoms with E-state index in [1.165, 1.54) is 19.3 Å². The molecule has 6 heteroatoms. The Balaban J connectivity index is 2.22. The predicted molar refractivity (Wildman–Crippen MR) is 57.9 cm³/mol. The summed E-state index contributed by atoms with van der Waals surface area (Å²) >= 11 is 0. The molecule has 1 aliphatic rings. The summed E-state index contributed by atoms with van der Waals surface area (Å²) in [5, 5.41) is 8.77. The number of hydrogen-bond donors (Lipinski definition) is 3. The topological polar surface area (TPSA) is 87.3 Å². The van der Waals surface area contributed by atoms with Crippen molar-refractivity contribution >= 4 is 17.6 Å². The van der Waals surface area contributed by atoms with Gasteiger partial charge in [0, 0.05) is 19.2 Å². The van der Waals surface area contributed by atoms with E-state index in [9.17, 15) is 0 Å². The van der Waals surface area contributed by atoms with Crippen molar-refractivity contribution in [2.45, 2.75) is 19.3 Å². The van der Waals surface area contributed by atoms with E-state index in [0.717, 1.165) is 18.9 Å². The molecule has 0 spiro atoms. The zero-order valence-electron chi connectivity index (χ0n) is 8.48. The molecule has 4 N–H and O–H groups in total. The first-order chi connectivity index (χ1) is 7.29. The van der Waals surface area contributed by atoms with Gasteiger partial charge in [0.2, 0.25) is 5.95 Å². The zero-order valence-corrected chi connectivity index (χ0v) is 8.48. The van der Waals surface area contributed by atoms with E-state index in [2.05, 4.69) is 14.9 Å². The van der Waals surface area contributed by atoms with E-state index in [0.29, 0.717) is 5.82 Å². The highest BCUT2D eigenvalue weighted by atomic mass is 16.5. The third-order valence-corrected chi connectivity index (χ3v) is 2.52. The second-order valence-corrected chi connectivity index (χ2v) is 3.63. The number of rotatable bonds is 2. The van der Waals surface area contributed by atoms with E-state index in [4.69, 9.17) is 10.9 Å². The van der Waals surface area contributed by atoms with Gasteiger partial charge < -0.3 is 10.6 Å². The Kier molecular flexibility index (Phi) is 2.86. The van der Waals surface area contributed by atoms with Crippen LogP contribution in [0.15, 0.2) is 6.07 Å². The molecule has 0 amide bonds. The minimum absolute atomic E-state index is 0.176. The number of nitrogen functional groups attached to an aromatic ring is 1. The molecule has 0 saturated carbocycles. The largest absolute Gasteiger partial charge is 0.368 e. The second kappa shape index (κ2) is 4.31. The number of nitrogens with two attached hydrogens (primary N) is 1. The Morgan fingerprint density at radius 1 is 1.27 bits per heavy atom. The summed E-state index contributed by atoms with van der Waals surface area (Å²) in [6.07, 6.45) is 3.61. The van der Waals surface area contributed by atoms with Crippen molar-refractivity contribution in [2.24, 2.45) is 0 Å². The van der Waals surface area contributed by atoms with Crippen LogP contribution >= 0.6 is 0 Å². The van der Waals surface area contributed by atoms with Gasteiger partial charge in [-0.25, -0.2) is 0 Å². The van der Waals surface area contributed by atoms with Crippen molar-refractivity contribution in [3.63, 3.8) is 0 Å². The molecule has 0 radical (unpaired) electrons. The van der Waals surface area contributed by atoms with Crippen molar-refractivity contribution in [1.29, 1.82) is 0 Å². The van der Waals surface area contributed by atoms with Gasteiger partial charge in [-0.05, 0) is 19.3 Å². The first-order valence-corrected chi connectivity index (χ1v) is 5.09. The summed E-state index contributed by atoms with van der Waals surface area (Å²) in [6, 6.07) is 1.70. The Bertz CT molecular complexity index is 337. The maximum Gasteiger partial charge on any atom is 0.224 e. The van der Waals surface area contributed by atoms with Gasteiger partial charge in [0.15, 0.2) is 5.82 Å². The molecule has 1 fully saturated rings. The summed E-state index contributed by atoms with van der Waals surface area (Å²) in [5.74, 6) is 1.29. The SMILES string of the molecule is Nc1nc(NO)cc(N2CCCCC2)n1. The molecule has 0 atom stereocenters. The van der Waals surface area contributed by atoms with Crippen LogP contribution < -0.4 is 16.1 Å². The number of anilines is 3. The van der Waals surface area contributed by atoms with E-state index < -0.39 is 0 Å². The lowest BCUT2D eigenvalue weighted by Gasteiger charge is -2.27. The van der Waals surface area contributed by atoms with E-state index in [1.807, 2.05) is 5.48 Å². The van der Waals surface area contributed by atoms with Crippen LogP contribution in [-0.2, 0) is 0 Å². The standard InChI is InChI=1S/C9H15N5O/c10-9-11-7(13-15)6-8(12-9)14-4-2-1-3-5-14/h6,15H,1-5H2,(H3,10,11,12,13). The lowest BCUT2D eigenvalue weighted by Crippen LogP contribution is -2.30. The molecule has 15 heavy (non-hydrogen) atoms. The van der Waals surface area contributed by atoms with Gasteiger partial charge >= 0.3 is 0 Å². The molecular formula is C9H15N5O. The van der Waals surface area contributed by atoms with Crippen LogP contribution in [-0.4, -0.2) is 28.3 Å². The Labute approximate surface area is 88.1 Å². The molecule has 2 heterocycles. The highest BCUT2D eigenvalue weighted by molar-refractivity contribution is 5.51. The molecule has 1 saturated heterocycles. The number of nitrogens with one attached hydrogen (secondary N) is 1. The smallest absolute Gasteiger partial charge is 0.224 e. The lowest BCUT2D eigenvalue weighted by atomic mass is 10.1. The number of piperidine rings is 1. The van der Waals surface area contributed by atoms with E-state index in [1.54, 1.807) is 6.07 Å². The molecule has 82 valence electrons. The maximum absolute atomic E-state index is 8.77. The fourth-order valence-corrected chi connectivity index (χ4v) is 1.79. The van der Waals surface area contributed by atoms with Gasteiger partial charge in [-0.15, -0.1) is 0 Å². The Morgan fingerprint density at radius 2 is 2.00 bits per heavy atom. The molecule has 6 nitrogen and oxygen atoms in total. The van der Waals surface area contributed by atoms with Gasteiger partial charge in [-0.1, -0.05) is 0 Å². The number of aromatic nitrogens is 2. The average molecular weight is 209 g/mol. The fourth-order valence-electron chi connectivity index (χ4n) is 1.79. The van der Waals surface area contributed by atoms with Crippen molar-refractivity contribution in [2.75, 3.05) is 29.2 Å². The molecule has 0 unspecified atom stereocenters. The van der Waals surface area contributed by atoms with Crippen LogP contribution in [0.1, 0.15) is 19.3 Å². The third kappa shape index (κ3) is 2.27. The number of nitrogens with zero attached hydrogens (tertiary/aromatic N) is 3. The van der Waals surface area contributed by atoms with Crippen molar-refractivity contribution < 1.29 is 5.21 Å². The number of hydrogen-bond acceptors (Lipinski definition) is 6. The summed E-state index contributed by atoms with van der Waals surface area (Å²) in [5.41, 5.74) is 7.53. The van der Waals surface area contributed by atoms with Gasteiger partial charge in [0.05, 0.1) is 0 Å².